The Kier molecular flexibility index (Phi) is 5.73. The van der Waals surface area contributed by atoms with Crippen LogP contribution in [0.15, 0.2) is 11.4 Å². The second-order valence-corrected chi connectivity index (χ2v) is 5.78. The molecule has 1 saturated carbocycles. The highest BCUT2D eigenvalue weighted by Gasteiger charge is 2.13. The minimum atomic E-state index is -0.0800. The van der Waals surface area contributed by atoms with Crippen LogP contribution < -0.4 is 0 Å². The average Bonchev–Trinajstić information content (AvgIpc) is 2.85. The van der Waals surface area contributed by atoms with Crippen molar-refractivity contribution in [2.45, 2.75) is 38.7 Å². The fraction of sp³-hybridized carbons (Fsp3) is 0.600. The molecule has 0 aliphatic heterocycles. The average molecular weight is 264 g/mol. The van der Waals surface area contributed by atoms with E-state index in [1.807, 2.05) is 11.4 Å². The van der Waals surface area contributed by atoms with Gasteiger partial charge in [-0.3, -0.25) is 0 Å². The number of ether oxygens (including phenoxy) is 1. The van der Waals surface area contributed by atoms with E-state index >= 15 is 0 Å². The zero-order valence-corrected chi connectivity index (χ0v) is 11.5. The van der Waals surface area contributed by atoms with Gasteiger partial charge >= 0.3 is 0 Å². The van der Waals surface area contributed by atoms with Gasteiger partial charge in [0.2, 0.25) is 0 Å². The fourth-order valence-corrected chi connectivity index (χ4v) is 3.10. The van der Waals surface area contributed by atoms with Crippen molar-refractivity contribution in [2.24, 2.45) is 5.92 Å². The van der Waals surface area contributed by atoms with Crippen molar-refractivity contribution in [1.29, 1.82) is 0 Å². The molecule has 0 amide bonds. The van der Waals surface area contributed by atoms with E-state index in [4.69, 9.17) is 9.84 Å². The van der Waals surface area contributed by atoms with Crippen LogP contribution in [0, 0.1) is 17.8 Å². The quantitative estimate of drug-likeness (QED) is 0.846. The number of hydrogen-bond donors (Lipinski definition) is 1. The third kappa shape index (κ3) is 4.45. The molecule has 0 saturated heterocycles. The molecule has 0 spiro atoms. The smallest absolute Gasteiger partial charge is 0.104 e. The van der Waals surface area contributed by atoms with E-state index in [0.717, 1.165) is 18.1 Å². The molecular weight excluding hydrogens is 244 g/mol. The fourth-order valence-electron chi connectivity index (χ4n) is 2.34. The van der Waals surface area contributed by atoms with E-state index in [1.54, 1.807) is 11.3 Å². The van der Waals surface area contributed by atoms with Gasteiger partial charge in [0.25, 0.3) is 0 Å². The molecule has 0 unspecified atom stereocenters. The first-order valence-electron chi connectivity index (χ1n) is 6.63. The summed E-state index contributed by atoms with van der Waals surface area (Å²) in [6.45, 7) is 1.51. The molecule has 0 atom stereocenters. The highest BCUT2D eigenvalue weighted by atomic mass is 32.1. The van der Waals surface area contributed by atoms with Gasteiger partial charge in [-0.25, -0.2) is 0 Å². The minimum Gasteiger partial charge on any atom is -0.384 e. The number of hydrogen-bond acceptors (Lipinski definition) is 3. The third-order valence-corrected chi connectivity index (χ3v) is 4.20. The molecule has 1 aromatic heterocycles. The molecule has 1 aliphatic carbocycles. The summed E-state index contributed by atoms with van der Waals surface area (Å²) in [4.78, 5) is 1.22. The Morgan fingerprint density at radius 3 is 2.94 bits per heavy atom. The predicted octanol–water partition coefficient (Wildman–Crippen LogP) is 3.19. The van der Waals surface area contributed by atoms with E-state index in [1.165, 1.54) is 37.0 Å². The van der Waals surface area contributed by atoms with Crippen molar-refractivity contribution in [3.8, 4) is 11.8 Å². The highest BCUT2D eigenvalue weighted by molar-refractivity contribution is 7.10. The lowest BCUT2D eigenvalue weighted by Gasteiger charge is -2.20. The van der Waals surface area contributed by atoms with E-state index in [2.05, 4.69) is 11.8 Å². The molecule has 0 bridgehead atoms. The van der Waals surface area contributed by atoms with E-state index < -0.39 is 0 Å². The Labute approximate surface area is 113 Å². The summed E-state index contributed by atoms with van der Waals surface area (Å²) < 4.78 is 5.79. The monoisotopic (exact) mass is 264 g/mol. The number of thiophene rings is 1. The first-order chi connectivity index (χ1) is 8.88. The van der Waals surface area contributed by atoms with E-state index in [-0.39, 0.29) is 6.61 Å². The first kappa shape index (κ1) is 13.6. The molecule has 1 heterocycles. The number of aliphatic hydroxyl groups is 1. The molecule has 2 nitrogen and oxygen atoms in total. The first-order valence-corrected chi connectivity index (χ1v) is 7.51. The second-order valence-electron chi connectivity index (χ2n) is 4.78. The topological polar surface area (TPSA) is 29.5 Å². The van der Waals surface area contributed by atoms with Gasteiger partial charge in [0, 0.05) is 22.4 Å². The zero-order valence-electron chi connectivity index (χ0n) is 10.7. The molecule has 2 rings (SSSR count). The maximum atomic E-state index is 8.63. The van der Waals surface area contributed by atoms with Crippen molar-refractivity contribution in [1.82, 2.24) is 0 Å². The van der Waals surface area contributed by atoms with Gasteiger partial charge in [-0.05, 0) is 24.8 Å². The van der Waals surface area contributed by atoms with Crippen molar-refractivity contribution in [2.75, 3.05) is 13.2 Å². The van der Waals surface area contributed by atoms with Gasteiger partial charge in [-0.15, -0.1) is 11.3 Å². The molecule has 0 radical (unpaired) electrons. The zero-order chi connectivity index (χ0) is 12.6. The standard InChI is InChI=1S/C15H20O2S/c16-8-4-7-14-9-15(18-12-14)11-17-10-13-5-2-1-3-6-13/h9,12-13,16H,1-3,5-6,8,10-11H2. The second kappa shape index (κ2) is 7.58. The summed E-state index contributed by atoms with van der Waals surface area (Å²) in [5.74, 6) is 6.34. The van der Waals surface area contributed by atoms with Crippen molar-refractivity contribution >= 4 is 11.3 Å². The summed E-state index contributed by atoms with van der Waals surface area (Å²) in [5.41, 5.74) is 0.977. The summed E-state index contributed by atoms with van der Waals surface area (Å²) in [6.07, 6.45) is 6.80. The van der Waals surface area contributed by atoms with Crippen LogP contribution in [0.5, 0.6) is 0 Å². The Bertz CT molecular complexity index is 408. The summed E-state index contributed by atoms with van der Waals surface area (Å²) >= 11 is 1.68. The summed E-state index contributed by atoms with van der Waals surface area (Å²) in [5, 5.41) is 10.6. The Morgan fingerprint density at radius 2 is 2.17 bits per heavy atom. The van der Waals surface area contributed by atoms with Crippen LogP contribution in [0.1, 0.15) is 42.5 Å². The number of rotatable bonds is 4. The summed E-state index contributed by atoms with van der Waals surface area (Å²) in [6, 6.07) is 2.05. The molecular formula is C15H20O2S. The van der Waals surface area contributed by atoms with Crippen LogP contribution in [0.3, 0.4) is 0 Å². The van der Waals surface area contributed by atoms with Gasteiger partial charge < -0.3 is 9.84 Å². The largest absolute Gasteiger partial charge is 0.384 e. The predicted molar refractivity (Wildman–Crippen MR) is 74.5 cm³/mol. The van der Waals surface area contributed by atoms with Crippen LogP contribution in [-0.2, 0) is 11.3 Å². The molecule has 1 aliphatic rings. The molecule has 1 aromatic rings. The van der Waals surface area contributed by atoms with E-state index in [9.17, 15) is 0 Å². The molecule has 0 aromatic carbocycles. The Hall–Kier alpha value is -0.820. The normalized spacial score (nSPS) is 16.3. The van der Waals surface area contributed by atoms with Gasteiger partial charge in [-0.1, -0.05) is 31.1 Å². The van der Waals surface area contributed by atoms with E-state index in [0.29, 0.717) is 6.61 Å². The van der Waals surface area contributed by atoms with Gasteiger partial charge in [0.15, 0.2) is 0 Å². The van der Waals surface area contributed by atoms with Crippen LogP contribution in [0.25, 0.3) is 0 Å². The van der Waals surface area contributed by atoms with Crippen LogP contribution >= 0.6 is 11.3 Å². The Balaban J connectivity index is 1.71. The van der Waals surface area contributed by atoms with Crippen molar-refractivity contribution in [3.63, 3.8) is 0 Å². The third-order valence-electron chi connectivity index (χ3n) is 3.29. The van der Waals surface area contributed by atoms with Crippen LogP contribution in [0.2, 0.25) is 0 Å². The lowest BCUT2D eigenvalue weighted by Crippen LogP contribution is -2.12. The molecule has 3 heteroatoms. The lowest BCUT2D eigenvalue weighted by atomic mass is 9.90. The maximum absolute atomic E-state index is 8.63. The number of aliphatic hydroxyl groups excluding tert-OH is 1. The molecule has 1 fully saturated rings. The minimum absolute atomic E-state index is 0.0800. The van der Waals surface area contributed by atoms with Gasteiger partial charge in [0.05, 0.1) is 6.61 Å². The SMILES string of the molecule is OCC#Cc1csc(COCC2CCCCC2)c1. The van der Waals surface area contributed by atoms with Crippen LogP contribution in [0.4, 0.5) is 0 Å². The molecule has 18 heavy (non-hydrogen) atoms. The van der Waals surface area contributed by atoms with Gasteiger partial charge in [0.1, 0.15) is 6.61 Å². The van der Waals surface area contributed by atoms with Crippen molar-refractivity contribution in [3.05, 3.63) is 21.9 Å². The highest BCUT2D eigenvalue weighted by Crippen LogP contribution is 2.24. The molecule has 98 valence electrons. The van der Waals surface area contributed by atoms with Gasteiger partial charge in [-0.2, -0.15) is 0 Å². The summed E-state index contributed by atoms with van der Waals surface area (Å²) in [7, 11) is 0. The maximum Gasteiger partial charge on any atom is 0.104 e. The van der Waals surface area contributed by atoms with Crippen molar-refractivity contribution < 1.29 is 9.84 Å². The Morgan fingerprint density at radius 1 is 1.33 bits per heavy atom. The molecule has 1 N–H and O–H groups in total. The van der Waals surface area contributed by atoms with Crippen LogP contribution in [-0.4, -0.2) is 18.3 Å². The lowest BCUT2D eigenvalue weighted by molar-refractivity contribution is 0.0755.